The monoisotopic (exact) mass is 876 g/mol. The Hall–Kier alpha value is -6.31. The second-order valence-electron chi connectivity index (χ2n) is 17.2. The van der Waals surface area contributed by atoms with Crippen LogP contribution >= 0.6 is 11.6 Å². The lowest BCUT2D eigenvalue weighted by molar-refractivity contribution is 0.0983. The van der Waals surface area contributed by atoms with Crippen LogP contribution in [0.4, 0.5) is 0 Å². The summed E-state index contributed by atoms with van der Waals surface area (Å²) in [7, 11) is 0. The Morgan fingerprint density at radius 3 is 1.47 bits per heavy atom. The maximum atomic E-state index is 12.9. The molecule has 3 N–H and O–H groups in total. The summed E-state index contributed by atoms with van der Waals surface area (Å²) in [6.07, 6.45) is 0.381. The number of Topliss-reactive ketones (excluding diaryl/α,β-unsaturated/α-hetero) is 2. The van der Waals surface area contributed by atoms with Gasteiger partial charge in [-0.3, -0.25) is 9.59 Å². The lowest BCUT2D eigenvalue weighted by Crippen LogP contribution is -2.25. The van der Waals surface area contributed by atoms with Gasteiger partial charge in [0, 0.05) is 39.7 Å². The van der Waals surface area contributed by atoms with Crippen LogP contribution in [-0.2, 0) is 23.7 Å². The van der Waals surface area contributed by atoms with Crippen LogP contribution in [0.5, 0.6) is 0 Å². The second kappa shape index (κ2) is 20.5. The third kappa shape index (κ3) is 11.6. The molecule has 0 spiro atoms. The predicted octanol–water partition coefficient (Wildman–Crippen LogP) is 8.29. The van der Waals surface area contributed by atoms with Crippen LogP contribution in [0.15, 0.2) is 133 Å². The quantitative estimate of drug-likeness (QED) is 0.0625. The molecule has 0 atom stereocenters. The van der Waals surface area contributed by atoms with E-state index in [0.29, 0.717) is 33.3 Å². The Morgan fingerprint density at radius 1 is 0.609 bits per heavy atom. The van der Waals surface area contributed by atoms with E-state index in [0.717, 1.165) is 44.9 Å². The van der Waals surface area contributed by atoms with Gasteiger partial charge in [-0.25, -0.2) is 19.0 Å². The molecule has 0 fully saturated rings. The molecule has 0 saturated carbocycles. The molecule has 64 heavy (non-hydrogen) atoms. The van der Waals surface area contributed by atoms with Crippen LogP contribution in [0.2, 0.25) is 12.0 Å². The molecule has 0 unspecified atom stereocenters. The highest BCUT2D eigenvalue weighted by Gasteiger charge is 2.22. The van der Waals surface area contributed by atoms with E-state index in [2.05, 4.69) is 20.2 Å². The van der Waals surface area contributed by atoms with Gasteiger partial charge in [-0.05, 0) is 42.6 Å². The van der Waals surface area contributed by atoms with Crippen LogP contribution in [0.1, 0.15) is 82.3 Å². The molecule has 0 saturated heterocycles. The summed E-state index contributed by atoms with van der Waals surface area (Å²) in [5.41, 5.74) is 9.88. The number of ketones is 2. The van der Waals surface area contributed by atoms with Gasteiger partial charge < -0.3 is 15.2 Å². The Morgan fingerprint density at radius 2 is 1.03 bits per heavy atom. The number of carbonyl (C=O) groups excluding carboxylic acids is 2. The van der Waals surface area contributed by atoms with E-state index >= 15 is 0 Å². The molecule has 0 amide bonds. The van der Waals surface area contributed by atoms with E-state index in [9.17, 15) is 19.8 Å². The minimum atomic E-state index is -0.341. The Bertz CT molecular complexity index is 2840. The van der Waals surface area contributed by atoms with E-state index < -0.39 is 0 Å². The Labute approximate surface area is 379 Å². The fraction of sp³-hybridized carbons (Fsp3) is 0.255. The molecule has 0 radical (unpaired) electrons. The SMILES string of the molecule is CB(O)c1ccccc1.Cc1cc2nc(CC(=O)c3ccc(C(C)(C)CO)cc3)cc(-c3ccccc3)n2n1.Cc1cc2nc(CC(=O)c3ccc(C(C)(C)CO)cc3)cc(Cl)n2n1. The number of benzene rings is 4. The molecule has 8 aromatic rings. The predicted molar refractivity (Wildman–Crippen MR) is 255 cm³/mol. The number of aliphatic hydroxyl groups is 2. The first kappa shape index (κ1) is 47.2. The van der Waals surface area contributed by atoms with Crippen LogP contribution in [0, 0.1) is 13.8 Å². The maximum absolute atomic E-state index is 12.9. The third-order valence-electron chi connectivity index (χ3n) is 11.0. The van der Waals surface area contributed by atoms with Crippen LogP contribution in [0.25, 0.3) is 22.6 Å². The van der Waals surface area contributed by atoms with Crippen molar-refractivity contribution in [3.63, 3.8) is 0 Å². The van der Waals surface area contributed by atoms with Crippen LogP contribution in [-0.4, -0.2) is 76.1 Å². The molecule has 0 aliphatic carbocycles. The molecule has 13 heteroatoms. The maximum Gasteiger partial charge on any atom is 0.320 e. The summed E-state index contributed by atoms with van der Waals surface area (Å²) in [6, 6.07) is 41.8. The number of fused-ring (bicyclic) bond motifs is 2. The van der Waals surface area contributed by atoms with E-state index in [1.54, 1.807) is 29.5 Å². The standard InChI is InChI=1S/C25H25N3O2.C19H20ClN3O2.C7H9BO/c1-17-13-24-26-21(14-22(28(24)27-17)18-7-5-4-6-8-18)15-23(30)19-9-11-20(12-10-19)25(2,3)16-29;1-12-8-18-21-15(10-17(20)23(18)22-12)9-16(25)13-4-6-14(7-5-13)19(2,3)11-24;1-8(9)7-5-3-2-4-6-7/h4-14,29H,15-16H2,1-3H3;4-8,10,24H,9,11H2,1-3H3;2-6,9H,1H3. The number of aliphatic hydroxyl groups excluding tert-OH is 2. The smallest absolute Gasteiger partial charge is 0.320 e. The number of hydrogen-bond acceptors (Lipinski definition) is 9. The first-order valence-electron chi connectivity index (χ1n) is 21.1. The summed E-state index contributed by atoms with van der Waals surface area (Å²) in [4.78, 5) is 34.6. The molecule has 11 nitrogen and oxygen atoms in total. The topological polar surface area (TPSA) is 155 Å². The number of nitrogens with zero attached hydrogens (tertiary/aromatic N) is 6. The molecular weight excluding hydrogens is 823 g/mol. The summed E-state index contributed by atoms with van der Waals surface area (Å²) in [5, 5.41) is 37.2. The van der Waals surface area contributed by atoms with Gasteiger partial charge in [0.25, 0.3) is 0 Å². The van der Waals surface area contributed by atoms with Crippen molar-refractivity contribution in [2.75, 3.05) is 13.2 Å². The van der Waals surface area contributed by atoms with Crippen LogP contribution in [0.3, 0.4) is 0 Å². The van der Waals surface area contributed by atoms with Crippen molar-refractivity contribution in [1.29, 1.82) is 0 Å². The molecule has 8 rings (SSSR count). The van der Waals surface area contributed by atoms with Gasteiger partial charge >= 0.3 is 6.92 Å². The summed E-state index contributed by atoms with van der Waals surface area (Å²) < 4.78 is 3.38. The van der Waals surface area contributed by atoms with E-state index in [1.165, 1.54) is 0 Å². The van der Waals surface area contributed by atoms with E-state index in [1.807, 2.05) is 161 Å². The van der Waals surface area contributed by atoms with Gasteiger partial charge in [-0.2, -0.15) is 10.2 Å². The molecule has 328 valence electrons. The second-order valence-corrected chi connectivity index (χ2v) is 17.6. The van der Waals surface area contributed by atoms with Gasteiger partial charge in [0.2, 0.25) is 0 Å². The van der Waals surface area contributed by atoms with Gasteiger partial charge in [0.1, 0.15) is 5.15 Å². The number of aromatic nitrogens is 6. The third-order valence-corrected chi connectivity index (χ3v) is 11.2. The number of rotatable bonds is 12. The number of carbonyl (C=O) groups is 2. The first-order chi connectivity index (χ1) is 30.5. The number of halogens is 1. The van der Waals surface area contributed by atoms with Gasteiger partial charge in [-0.1, -0.05) is 155 Å². The first-order valence-corrected chi connectivity index (χ1v) is 21.5. The largest absolute Gasteiger partial charge is 0.447 e. The van der Waals surface area contributed by atoms with Crippen molar-refractivity contribution in [3.8, 4) is 11.3 Å². The fourth-order valence-corrected chi connectivity index (χ4v) is 7.15. The van der Waals surface area contributed by atoms with Crippen LogP contribution < -0.4 is 5.46 Å². The summed E-state index contributed by atoms with van der Waals surface area (Å²) in [5.74, 6) is -0.0204. The molecule has 0 aliphatic heterocycles. The highest BCUT2D eigenvalue weighted by molar-refractivity contribution is 6.64. The zero-order chi connectivity index (χ0) is 46.2. The van der Waals surface area contributed by atoms with Crippen molar-refractivity contribution < 1.29 is 24.8 Å². The van der Waals surface area contributed by atoms with Crippen molar-refractivity contribution in [2.45, 2.75) is 72.0 Å². The van der Waals surface area contributed by atoms with Crippen molar-refractivity contribution >= 4 is 46.8 Å². The van der Waals surface area contributed by atoms with E-state index in [-0.39, 0.29) is 55.4 Å². The molecule has 0 bridgehead atoms. The molecular formula is C51H54BClN6O5. The van der Waals surface area contributed by atoms with E-state index in [4.69, 9.17) is 16.6 Å². The van der Waals surface area contributed by atoms with Crippen molar-refractivity contribution in [1.82, 2.24) is 29.2 Å². The minimum Gasteiger partial charge on any atom is -0.447 e. The number of hydrogen-bond donors (Lipinski definition) is 3. The molecule has 4 heterocycles. The average molecular weight is 877 g/mol. The fourth-order valence-electron chi connectivity index (χ4n) is 6.90. The molecule has 4 aromatic carbocycles. The normalized spacial score (nSPS) is 11.4. The molecule has 0 aliphatic rings. The van der Waals surface area contributed by atoms with Crippen molar-refractivity contribution in [3.05, 3.63) is 184 Å². The minimum absolute atomic E-state index is 0.00968. The zero-order valence-electron chi connectivity index (χ0n) is 37.3. The summed E-state index contributed by atoms with van der Waals surface area (Å²) >= 11 is 6.22. The average Bonchev–Trinajstić information content (AvgIpc) is 3.88. The Kier molecular flexibility index (Phi) is 15.1. The lowest BCUT2D eigenvalue weighted by Gasteiger charge is -2.22. The summed E-state index contributed by atoms with van der Waals surface area (Å²) in [6.45, 7) is 13.2. The van der Waals surface area contributed by atoms with Crippen molar-refractivity contribution in [2.24, 2.45) is 0 Å². The highest BCUT2D eigenvalue weighted by atomic mass is 35.5. The van der Waals surface area contributed by atoms with Gasteiger partial charge in [-0.15, -0.1) is 0 Å². The number of aryl methyl sites for hydroxylation is 2. The van der Waals surface area contributed by atoms with Gasteiger partial charge in [0.05, 0.1) is 54.5 Å². The van der Waals surface area contributed by atoms with Gasteiger partial charge in [0.15, 0.2) is 22.9 Å². The molecule has 4 aromatic heterocycles. The highest BCUT2D eigenvalue weighted by Crippen LogP contribution is 2.26. The Balaban J connectivity index is 0.000000180. The zero-order valence-corrected chi connectivity index (χ0v) is 38.1. The lowest BCUT2D eigenvalue weighted by atomic mass is 9.64.